The number of rotatable bonds is 6. The molecule has 0 N–H and O–H groups in total. The van der Waals surface area contributed by atoms with Crippen LogP contribution in [0.4, 0.5) is 0 Å². The van der Waals surface area contributed by atoms with Gasteiger partial charge in [-0.05, 0) is 42.0 Å². The summed E-state index contributed by atoms with van der Waals surface area (Å²) >= 11 is 5.97. The molecule has 1 amide bonds. The molecule has 0 spiro atoms. The summed E-state index contributed by atoms with van der Waals surface area (Å²) in [6, 6.07) is 17.0. The number of hydrogen-bond donors (Lipinski definition) is 0. The first-order valence-electron chi connectivity index (χ1n) is 9.56. The fourth-order valence-corrected chi connectivity index (χ4v) is 3.47. The monoisotopic (exact) mass is 438 g/mol. The third-order valence-corrected chi connectivity index (χ3v) is 5.12. The molecular weight excluding hydrogens is 420 g/mol. The maximum atomic E-state index is 12.9. The lowest BCUT2D eigenvalue weighted by Crippen LogP contribution is -2.31. The predicted octanol–water partition coefficient (Wildman–Crippen LogP) is 4.48. The van der Waals surface area contributed by atoms with Gasteiger partial charge in [0, 0.05) is 11.4 Å². The number of hydrazone groups is 1. The van der Waals surface area contributed by atoms with Crippen molar-refractivity contribution < 1.29 is 23.5 Å². The van der Waals surface area contributed by atoms with Crippen molar-refractivity contribution in [3.8, 4) is 5.75 Å². The van der Waals surface area contributed by atoms with Crippen LogP contribution in [0.1, 0.15) is 34.1 Å². The molecule has 2 aromatic carbocycles. The zero-order chi connectivity index (χ0) is 21.8. The molecular formula is C23H19ClN2O5. The smallest absolute Gasteiger partial charge is 0.342 e. The van der Waals surface area contributed by atoms with Crippen molar-refractivity contribution in [3.63, 3.8) is 0 Å². The average Bonchev–Trinajstić information content (AvgIpc) is 3.47. The van der Waals surface area contributed by atoms with Crippen LogP contribution in [0.5, 0.6) is 5.75 Å². The van der Waals surface area contributed by atoms with Gasteiger partial charge < -0.3 is 13.9 Å². The average molecular weight is 439 g/mol. The molecule has 7 nitrogen and oxygen atoms in total. The van der Waals surface area contributed by atoms with Crippen LogP contribution in [0.15, 0.2) is 76.4 Å². The van der Waals surface area contributed by atoms with Crippen molar-refractivity contribution in [2.24, 2.45) is 5.10 Å². The topological polar surface area (TPSA) is 81.3 Å². The van der Waals surface area contributed by atoms with Gasteiger partial charge in [0.25, 0.3) is 5.91 Å². The van der Waals surface area contributed by atoms with E-state index >= 15 is 0 Å². The van der Waals surface area contributed by atoms with E-state index in [1.807, 2.05) is 12.1 Å². The molecule has 1 unspecified atom stereocenters. The highest BCUT2D eigenvalue weighted by atomic mass is 35.5. The van der Waals surface area contributed by atoms with E-state index in [1.165, 1.54) is 12.1 Å². The summed E-state index contributed by atoms with van der Waals surface area (Å²) in [7, 11) is 1.46. The standard InChI is InChI=1S/C23H19ClN2O5/c1-29-20-6-3-2-5-17(20)23(28)31-14-22(27)26-19(21-7-4-12-30-21)13-18(25-26)15-8-10-16(24)11-9-15/h2-12,19H,13-14H2,1H3. The van der Waals surface area contributed by atoms with Gasteiger partial charge >= 0.3 is 5.97 Å². The quantitative estimate of drug-likeness (QED) is 0.530. The highest BCUT2D eigenvalue weighted by Crippen LogP contribution is 2.33. The Kier molecular flexibility index (Phi) is 6.04. The number of esters is 1. The SMILES string of the molecule is COc1ccccc1C(=O)OCC(=O)N1N=C(c2ccc(Cl)cc2)CC1c1ccco1. The van der Waals surface area contributed by atoms with Gasteiger partial charge in [-0.2, -0.15) is 5.10 Å². The number of carbonyl (C=O) groups is 2. The molecule has 8 heteroatoms. The number of amides is 1. The highest BCUT2D eigenvalue weighted by Gasteiger charge is 2.35. The van der Waals surface area contributed by atoms with Gasteiger partial charge in [-0.15, -0.1) is 0 Å². The van der Waals surface area contributed by atoms with Crippen LogP contribution in [-0.4, -0.2) is 36.3 Å². The van der Waals surface area contributed by atoms with Gasteiger partial charge in [-0.1, -0.05) is 35.9 Å². The van der Waals surface area contributed by atoms with E-state index in [0.717, 1.165) is 5.56 Å². The van der Waals surface area contributed by atoms with Gasteiger partial charge in [-0.25, -0.2) is 9.80 Å². The minimum Gasteiger partial charge on any atom is -0.496 e. The zero-order valence-electron chi connectivity index (χ0n) is 16.7. The molecule has 0 radical (unpaired) electrons. The van der Waals surface area contributed by atoms with Crippen LogP contribution in [-0.2, 0) is 9.53 Å². The summed E-state index contributed by atoms with van der Waals surface area (Å²) in [5.74, 6) is -0.148. The molecule has 2 heterocycles. The maximum absolute atomic E-state index is 12.9. The molecule has 4 rings (SSSR count). The van der Waals surface area contributed by atoms with E-state index in [0.29, 0.717) is 28.7 Å². The lowest BCUT2D eigenvalue weighted by Gasteiger charge is -2.19. The first-order valence-corrected chi connectivity index (χ1v) is 9.93. The number of carbonyl (C=O) groups excluding carboxylic acids is 2. The molecule has 158 valence electrons. The minimum absolute atomic E-state index is 0.243. The second kappa shape index (κ2) is 9.06. The van der Waals surface area contributed by atoms with E-state index in [-0.39, 0.29) is 5.56 Å². The predicted molar refractivity (Wildman–Crippen MR) is 114 cm³/mol. The van der Waals surface area contributed by atoms with E-state index < -0.39 is 24.5 Å². The maximum Gasteiger partial charge on any atom is 0.342 e. The summed E-state index contributed by atoms with van der Waals surface area (Å²) < 4.78 is 15.9. The Balaban J connectivity index is 1.52. The molecule has 1 aliphatic rings. The first kappa shape index (κ1) is 20.7. The Morgan fingerprint density at radius 1 is 1.13 bits per heavy atom. The molecule has 0 saturated heterocycles. The summed E-state index contributed by atoms with van der Waals surface area (Å²) in [5.41, 5.74) is 1.80. The fourth-order valence-electron chi connectivity index (χ4n) is 3.34. The molecule has 31 heavy (non-hydrogen) atoms. The molecule has 1 atom stereocenters. The molecule has 0 saturated carbocycles. The van der Waals surface area contributed by atoms with Crippen LogP contribution in [0.25, 0.3) is 0 Å². The van der Waals surface area contributed by atoms with Crippen LogP contribution < -0.4 is 4.74 Å². The summed E-state index contributed by atoms with van der Waals surface area (Å²) in [6.45, 7) is -0.467. The van der Waals surface area contributed by atoms with Gasteiger partial charge in [0.15, 0.2) is 6.61 Å². The summed E-state index contributed by atoms with van der Waals surface area (Å²) in [4.78, 5) is 25.4. The van der Waals surface area contributed by atoms with E-state index in [9.17, 15) is 9.59 Å². The molecule has 0 fully saturated rings. The second-order valence-corrected chi connectivity index (χ2v) is 7.24. The number of halogens is 1. The third kappa shape index (κ3) is 4.46. The second-order valence-electron chi connectivity index (χ2n) is 6.80. The number of para-hydroxylation sites is 1. The molecule has 1 aromatic heterocycles. The van der Waals surface area contributed by atoms with Crippen LogP contribution in [0.2, 0.25) is 5.02 Å². The molecule has 1 aliphatic heterocycles. The van der Waals surface area contributed by atoms with Crippen molar-refractivity contribution in [2.75, 3.05) is 13.7 Å². The number of furan rings is 1. The van der Waals surface area contributed by atoms with Crippen LogP contribution in [0.3, 0.4) is 0 Å². The number of methoxy groups -OCH3 is 1. The van der Waals surface area contributed by atoms with Crippen LogP contribution >= 0.6 is 11.6 Å². The molecule has 3 aromatic rings. The normalized spacial score (nSPS) is 15.5. The molecule has 0 bridgehead atoms. The van der Waals surface area contributed by atoms with Gasteiger partial charge in [0.1, 0.15) is 23.1 Å². The van der Waals surface area contributed by atoms with E-state index in [4.69, 9.17) is 25.5 Å². The summed E-state index contributed by atoms with van der Waals surface area (Å²) in [6.07, 6.45) is 2.00. The van der Waals surface area contributed by atoms with Crippen molar-refractivity contribution in [3.05, 3.63) is 88.8 Å². The van der Waals surface area contributed by atoms with Crippen molar-refractivity contribution >= 4 is 29.2 Å². The Labute approximate surface area is 183 Å². The van der Waals surface area contributed by atoms with Crippen molar-refractivity contribution in [2.45, 2.75) is 12.5 Å². The lowest BCUT2D eigenvalue weighted by molar-refractivity contribution is -0.136. The fraction of sp³-hybridized carbons (Fsp3) is 0.174. The third-order valence-electron chi connectivity index (χ3n) is 4.87. The number of nitrogens with zero attached hydrogens (tertiary/aromatic N) is 2. The van der Waals surface area contributed by atoms with Gasteiger partial charge in [-0.3, -0.25) is 4.79 Å². The van der Waals surface area contributed by atoms with Crippen molar-refractivity contribution in [1.29, 1.82) is 0 Å². The Hall–Kier alpha value is -3.58. The Morgan fingerprint density at radius 3 is 2.61 bits per heavy atom. The zero-order valence-corrected chi connectivity index (χ0v) is 17.4. The van der Waals surface area contributed by atoms with Gasteiger partial charge in [0.05, 0.1) is 19.1 Å². The number of benzene rings is 2. The molecule has 0 aliphatic carbocycles. The van der Waals surface area contributed by atoms with Gasteiger partial charge in [0.2, 0.25) is 0 Å². The highest BCUT2D eigenvalue weighted by molar-refractivity contribution is 6.30. The van der Waals surface area contributed by atoms with E-state index in [2.05, 4.69) is 5.10 Å². The minimum atomic E-state index is -0.651. The summed E-state index contributed by atoms with van der Waals surface area (Å²) in [5, 5.41) is 6.41. The first-order chi connectivity index (χ1) is 15.1. The number of ether oxygens (including phenoxy) is 2. The number of hydrogen-bond acceptors (Lipinski definition) is 6. The Morgan fingerprint density at radius 2 is 1.90 bits per heavy atom. The van der Waals surface area contributed by atoms with Crippen LogP contribution in [0, 0.1) is 0 Å². The Bertz CT molecular complexity index is 1110. The lowest BCUT2D eigenvalue weighted by atomic mass is 10.0. The largest absolute Gasteiger partial charge is 0.496 e. The van der Waals surface area contributed by atoms with E-state index in [1.54, 1.807) is 54.8 Å². The van der Waals surface area contributed by atoms with Crippen molar-refractivity contribution in [1.82, 2.24) is 5.01 Å².